The van der Waals surface area contributed by atoms with Gasteiger partial charge in [0.15, 0.2) is 5.82 Å². The van der Waals surface area contributed by atoms with E-state index in [4.69, 9.17) is 5.73 Å². The molecule has 1 saturated carbocycles. The highest BCUT2D eigenvalue weighted by Gasteiger charge is 2.29. The zero-order valence-electron chi connectivity index (χ0n) is 12.9. The molecular formula is C17H24FN3. The van der Waals surface area contributed by atoms with E-state index in [1.807, 2.05) is 6.07 Å². The maximum absolute atomic E-state index is 14.0. The molecule has 1 heterocycles. The third-order valence-electron chi connectivity index (χ3n) is 4.50. The summed E-state index contributed by atoms with van der Waals surface area (Å²) < 4.78 is 16.2. The van der Waals surface area contributed by atoms with Gasteiger partial charge in [-0.15, -0.1) is 0 Å². The summed E-state index contributed by atoms with van der Waals surface area (Å²) in [6.45, 7) is 5.19. The topological polar surface area (TPSA) is 43.8 Å². The first kappa shape index (κ1) is 14.5. The van der Waals surface area contributed by atoms with Gasteiger partial charge in [0.05, 0.1) is 5.52 Å². The fourth-order valence-electron chi connectivity index (χ4n) is 3.01. The Morgan fingerprint density at radius 2 is 2.10 bits per heavy atom. The number of nitrogens with zero attached hydrogens (tertiary/aromatic N) is 2. The molecule has 0 unspecified atom stereocenters. The molecule has 1 fully saturated rings. The fourth-order valence-corrected chi connectivity index (χ4v) is 3.01. The standard InChI is InChI=1S/C17H24FN3/c1-17(2,10-11-19)9-8-15-20-16-13(18)4-3-5-14(16)21(15)12-6-7-12/h3-5,12H,6-11,19H2,1-2H3. The number of aromatic nitrogens is 2. The van der Waals surface area contributed by atoms with E-state index in [9.17, 15) is 4.39 Å². The largest absolute Gasteiger partial charge is 0.330 e. The minimum atomic E-state index is -0.214. The molecule has 3 nitrogen and oxygen atoms in total. The van der Waals surface area contributed by atoms with Crippen LogP contribution in [0.2, 0.25) is 0 Å². The Kier molecular flexibility index (Phi) is 3.74. The molecule has 0 saturated heterocycles. The van der Waals surface area contributed by atoms with Crippen molar-refractivity contribution in [2.24, 2.45) is 11.1 Å². The average Bonchev–Trinajstić information content (AvgIpc) is 3.18. The van der Waals surface area contributed by atoms with Crippen LogP contribution in [0.15, 0.2) is 18.2 Å². The van der Waals surface area contributed by atoms with E-state index in [2.05, 4.69) is 23.4 Å². The van der Waals surface area contributed by atoms with Gasteiger partial charge in [-0.05, 0) is 49.8 Å². The summed E-state index contributed by atoms with van der Waals surface area (Å²) in [5.74, 6) is 0.817. The average molecular weight is 289 g/mol. The Bertz CT molecular complexity index is 641. The van der Waals surface area contributed by atoms with E-state index in [1.54, 1.807) is 6.07 Å². The van der Waals surface area contributed by atoms with Crippen LogP contribution in [0.5, 0.6) is 0 Å². The van der Waals surface area contributed by atoms with Gasteiger partial charge < -0.3 is 10.3 Å². The summed E-state index contributed by atoms with van der Waals surface area (Å²) in [7, 11) is 0. The number of fused-ring (bicyclic) bond motifs is 1. The minimum absolute atomic E-state index is 0.208. The van der Waals surface area contributed by atoms with Crippen LogP contribution in [0.3, 0.4) is 0 Å². The molecule has 1 aliphatic carbocycles. The number of para-hydroxylation sites is 1. The molecule has 0 bridgehead atoms. The number of hydrogen-bond acceptors (Lipinski definition) is 2. The van der Waals surface area contributed by atoms with Gasteiger partial charge in [0, 0.05) is 12.5 Å². The van der Waals surface area contributed by atoms with Gasteiger partial charge in [-0.25, -0.2) is 9.37 Å². The monoisotopic (exact) mass is 289 g/mol. The first-order valence-electron chi connectivity index (χ1n) is 7.87. The summed E-state index contributed by atoms with van der Waals surface area (Å²) >= 11 is 0. The lowest BCUT2D eigenvalue weighted by atomic mass is 9.84. The van der Waals surface area contributed by atoms with Crippen LogP contribution >= 0.6 is 0 Å². The zero-order chi connectivity index (χ0) is 15.0. The normalized spacial score (nSPS) is 15.8. The van der Waals surface area contributed by atoms with Crippen molar-refractivity contribution < 1.29 is 4.39 Å². The molecule has 0 amide bonds. The molecular weight excluding hydrogens is 265 g/mol. The second-order valence-electron chi connectivity index (χ2n) is 6.94. The summed E-state index contributed by atoms with van der Waals surface area (Å²) in [5.41, 5.74) is 7.36. The van der Waals surface area contributed by atoms with Gasteiger partial charge in [0.1, 0.15) is 11.3 Å². The Balaban J connectivity index is 1.91. The van der Waals surface area contributed by atoms with Gasteiger partial charge in [0.25, 0.3) is 0 Å². The van der Waals surface area contributed by atoms with Crippen molar-refractivity contribution in [3.8, 4) is 0 Å². The van der Waals surface area contributed by atoms with Crippen molar-refractivity contribution in [2.45, 2.75) is 52.0 Å². The predicted molar refractivity (Wildman–Crippen MR) is 83.7 cm³/mol. The lowest BCUT2D eigenvalue weighted by Crippen LogP contribution is -2.18. The Morgan fingerprint density at radius 3 is 2.76 bits per heavy atom. The van der Waals surface area contributed by atoms with Gasteiger partial charge >= 0.3 is 0 Å². The molecule has 3 rings (SSSR count). The smallest absolute Gasteiger partial charge is 0.151 e. The molecule has 0 aliphatic heterocycles. The highest BCUT2D eigenvalue weighted by atomic mass is 19.1. The highest BCUT2D eigenvalue weighted by Crippen LogP contribution is 2.39. The molecule has 0 atom stereocenters. The second kappa shape index (κ2) is 5.41. The first-order chi connectivity index (χ1) is 10.0. The molecule has 1 aromatic carbocycles. The van der Waals surface area contributed by atoms with Crippen molar-refractivity contribution in [3.05, 3.63) is 29.8 Å². The predicted octanol–water partition coefficient (Wildman–Crippen LogP) is 3.82. The minimum Gasteiger partial charge on any atom is -0.330 e. The molecule has 1 aliphatic rings. The highest BCUT2D eigenvalue weighted by molar-refractivity contribution is 5.77. The van der Waals surface area contributed by atoms with E-state index in [0.29, 0.717) is 18.1 Å². The Morgan fingerprint density at radius 1 is 1.33 bits per heavy atom. The SMILES string of the molecule is CC(C)(CCN)CCc1nc2c(F)cccc2n1C1CC1. The number of aryl methyl sites for hydroxylation is 1. The van der Waals surface area contributed by atoms with E-state index in [1.165, 1.54) is 18.9 Å². The summed E-state index contributed by atoms with van der Waals surface area (Å²) in [6.07, 6.45) is 5.28. The maximum atomic E-state index is 14.0. The summed E-state index contributed by atoms with van der Waals surface area (Å²) in [6, 6.07) is 5.78. The van der Waals surface area contributed by atoms with Crippen molar-refractivity contribution in [1.29, 1.82) is 0 Å². The number of rotatable bonds is 6. The van der Waals surface area contributed by atoms with Crippen LogP contribution in [0, 0.1) is 11.2 Å². The van der Waals surface area contributed by atoms with Crippen LogP contribution in [0.4, 0.5) is 4.39 Å². The third-order valence-corrected chi connectivity index (χ3v) is 4.50. The maximum Gasteiger partial charge on any atom is 0.151 e. The van der Waals surface area contributed by atoms with Gasteiger partial charge in [0.2, 0.25) is 0 Å². The first-order valence-corrected chi connectivity index (χ1v) is 7.87. The lowest BCUT2D eigenvalue weighted by Gasteiger charge is -2.23. The molecule has 21 heavy (non-hydrogen) atoms. The number of halogens is 1. The van der Waals surface area contributed by atoms with Gasteiger partial charge in [-0.3, -0.25) is 0 Å². The number of benzene rings is 1. The molecule has 0 radical (unpaired) electrons. The zero-order valence-corrected chi connectivity index (χ0v) is 12.9. The fraction of sp³-hybridized carbons (Fsp3) is 0.588. The summed E-state index contributed by atoms with van der Waals surface area (Å²) in [4.78, 5) is 4.59. The van der Waals surface area contributed by atoms with Crippen molar-refractivity contribution in [2.75, 3.05) is 6.54 Å². The Hall–Kier alpha value is -1.42. The quantitative estimate of drug-likeness (QED) is 0.878. The van der Waals surface area contributed by atoms with E-state index >= 15 is 0 Å². The molecule has 2 N–H and O–H groups in total. The number of imidazole rings is 1. The van der Waals surface area contributed by atoms with Crippen LogP contribution in [-0.2, 0) is 6.42 Å². The molecule has 114 valence electrons. The summed E-state index contributed by atoms with van der Waals surface area (Å²) in [5, 5.41) is 0. The number of hydrogen-bond donors (Lipinski definition) is 1. The molecule has 1 aromatic heterocycles. The van der Waals surface area contributed by atoms with Crippen molar-refractivity contribution in [3.63, 3.8) is 0 Å². The van der Waals surface area contributed by atoms with Gasteiger partial charge in [-0.1, -0.05) is 19.9 Å². The van der Waals surface area contributed by atoms with E-state index in [-0.39, 0.29) is 11.2 Å². The van der Waals surface area contributed by atoms with E-state index in [0.717, 1.165) is 30.6 Å². The van der Waals surface area contributed by atoms with Gasteiger partial charge in [-0.2, -0.15) is 0 Å². The van der Waals surface area contributed by atoms with Crippen molar-refractivity contribution in [1.82, 2.24) is 9.55 Å². The van der Waals surface area contributed by atoms with Crippen molar-refractivity contribution >= 4 is 11.0 Å². The van der Waals surface area contributed by atoms with Crippen LogP contribution < -0.4 is 5.73 Å². The Labute approximate surface area is 125 Å². The van der Waals surface area contributed by atoms with E-state index < -0.39 is 0 Å². The van der Waals surface area contributed by atoms with Crippen LogP contribution in [0.1, 0.15) is 51.4 Å². The molecule has 0 spiro atoms. The molecule has 2 aromatic rings. The number of nitrogens with two attached hydrogens (primary N) is 1. The molecule has 4 heteroatoms. The lowest BCUT2D eigenvalue weighted by molar-refractivity contribution is 0.309. The van der Waals surface area contributed by atoms with Crippen LogP contribution in [-0.4, -0.2) is 16.1 Å². The van der Waals surface area contributed by atoms with Crippen LogP contribution in [0.25, 0.3) is 11.0 Å². The third kappa shape index (κ3) is 2.95. The second-order valence-corrected chi connectivity index (χ2v) is 6.94.